The first-order chi connectivity index (χ1) is 9.68. The van der Waals surface area contributed by atoms with Crippen LogP contribution in [0.5, 0.6) is 0 Å². The molecule has 0 fully saturated rings. The third kappa shape index (κ3) is 2.01. The molecule has 2 heterocycles. The van der Waals surface area contributed by atoms with Crippen LogP contribution in [0.2, 0.25) is 0 Å². The monoisotopic (exact) mass is 269 g/mol. The molecule has 0 aliphatic carbocycles. The predicted octanol–water partition coefficient (Wildman–Crippen LogP) is 3.11. The average molecular weight is 269 g/mol. The lowest BCUT2D eigenvalue weighted by atomic mass is 9.93. The van der Waals surface area contributed by atoms with Crippen molar-refractivity contribution < 1.29 is 4.92 Å². The van der Waals surface area contributed by atoms with Crippen LogP contribution in [0.25, 0.3) is 0 Å². The Balaban J connectivity index is 2.03. The molecule has 0 spiro atoms. The summed E-state index contributed by atoms with van der Waals surface area (Å²) in [6.45, 7) is 2.81. The van der Waals surface area contributed by atoms with Gasteiger partial charge in [-0.3, -0.25) is 10.1 Å². The highest BCUT2D eigenvalue weighted by atomic mass is 16.6. The van der Waals surface area contributed by atoms with E-state index < -0.39 is 0 Å². The van der Waals surface area contributed by atoms with Crippen molar-refractivity contribution in [1.29, 1.82) is 0 Å². The number of pyridine rings is 1. The maximum absolute atomic E-state index is 11.2. The molecule has 0 radical (unpaired) electrons. The normalized spacial score (nSPS) is 17.6. The molecule has 0 saturated heterocycles. The summed E-state index contributed by atoms with van der Waals surface area (Å²) in [6.07, 6.45) is 2.49. The Kier molecular flexibility index (Phi) is 3.10. The fraction of sp³-hybridized carbons (Fsp3) is 0.267. The molecule has 0 saturated carbocycles. The lowest BCUT2D eigenvalue weighted by Crippen LogP contribution is -2.34. The largest absolute Gasteiger partial charge is 0.344 e. The Morgan fingerprint density at radius 1 is 1.30 bits per heavy atom. The summed E-state index contributed by atoms with van der Waals surface area (Å²) in [4.78, 5) is 17.0. The topological polar surface area (TPSA) is 59.3 Å². The van der Waals surface area contributed by atoms with Gasteiger partial charge in [0.25, 0.3) is 0 Å². The molecule has 1 aliphatic heterocycles. The molecular formula is C15H15N3O2. The van der Waals surface area contributed by atoms with Crippen LogP contribution in [0.3, 0.4) is 0 Å². The second-order valence-corrected chi connectivity index (χ2v) is 4.92. The zero-order chi connectivity index (χ0) is 14.1. The third-order valence-corrected chi connectivity index (χ3v) is 3.83. The minimum atomic E-state index is -0.366. The van der Waals surface area contributed by atoms with Crippen molar-refractivity contribution in [2.75, 3.05) is 11.4 Å². The summed E-state index contributed by atoms with van der Waals surface area (Å²) in [5.74, 6) is 0.458. The molecule has 2 aromatic rings. The van der Waals surface area contributed by atoms with Gasteiger partial charge in [-0.05, 0) is 30.5 Å². The van der Waals surface area contributed by atoms with Crippen LogP contribution in [0.1, 0.15) is 24.1 Å². The molecule has 0 bridgehead atoms. The highest BCUT2D eigenvalue weighted by Crippen LogP contribution is 2.36. The maximum Gasteiger partial charge on any atom is 0.311 e. The number of fused-ring (bicyclic) bond motifs is 1. The zero-order valence-corrected chi connectivity index (χ0v) is 11.2. The second-order valence-electron chi connectivity index (χ2n) is 4.92. The number of nitrogens with zero attached hydrogens (tertiary/aromatic N) is 3. The molecule has 0 N–H and O–H groups in total. The van der Waals surface area contributed by atoms with Crippen molar-refractivity contribution in [3.63, 3.8) is 0 Å². The summed E-state index contributed by atoms with van der Waals surface area (Å²) in [7, 11) is 0. The first kappa shape index (κ1) is 12.6. The Labute approximate surface area is 117 Å². The molecule has 3 rings (SSSR count). The summed E-state index contributed by atoms with van der Waals surface area (Å²) >= 11 is 0. The second kappa shape index (κ2) is 4.92. The third-order valence-electron chi connectivity index (χ3n) is 3.83. The van der Waals surface area contributed by atoms with E-state index in [1.54, 1.807) is 12.3 Å². The van der Waals surface area contributed by atoms with Crippen LogP contribution < -0.4 is 4.90 Å². The van der Waals surface area contributed by atoms with Crippen LogP contribution >= 0.6 is 0 Å². The van der Waals surface area contributed by atoms with E-state index in [1.165, 1.54) is 17.2 Å². The SMILES string of the molecule is CC1c2ccccc2CCN1c1ncccc1[N+](=O)[O-]. The van der Waals surface area contributed by atoms with Crippen molar-refractivity contribution in [2.45, 2.75) is 19.4 Å². The van der Waals surface area contributed by atoms with E-state index in [0.717, 1.165) is 13.0 Å². The van der Waals surface area contributed by atoms with Crippen LogP contribution in [0, 0.1) is 10.1 Å². The smallest absolute Gasteiger partial charge is 0.311 e. The van der Waals surface area contributed by atoms with Crippen LogP contribution in [0.4, 0.5) is 11.5 Å². The molecular weight excluding hydrogens is 254 g/mol. The van der Waals surface area contributed by atoms with Crippen molar-refractivity contribution in [2.24, 2.45) is 0 Å². The Hall–Kier alpha value is -2.43. The Bertz CT molecular complexity index is 657. The maximum atomic E-state index is 11.2. The van der Waals surface area contributed by atoms with Crippen molar-refractivity contribution in [1.82, 2.24) is 4.98 Å². The lowest BCUT2D eigenvalue weighted by molar-refractivity contribution is -0.384. The zero-order valence-electron chi connectivity index (χ0n) is 11.2. The number of nitro groups is 1. The van der Waals surface area contributed by atoms with Crippen LogP contribution in [0.15, 0.2) is 42.6 Å². The number of rotatable bonds is 2. The van der Waals surface area contributed by atoms with E-state index in [1.807, 2.05) is 17.0 Å². The van der Waals surface area contributed by atoms with Crippen LogP contribution in [-0.2, 0) is 6.42 Å². The van der Waals surface area contributed by atoms with E-state index in [-0.39, 0.29) is 16.7 Å². The van der Waals surface area contributed by atoms with Crippen LogP contribution in [-0.4, -0.2) is 16.5 Å². The van der Waals surface area contributed by atoms with E-state index in [2.05, 4.69) is 24.0 Å². The molecule has 20 heavy (non-hydrogen) atoms. The summed E-state index contributed by atoms with van der Waals surface area (Å²) < 4.78 is 0. The highest BCUT2D eigenvalue weighted by molar-refractivity contribution is 5.60. The molecule has 1 aromatic carbocycles. The van der Waals surface area contributed by atoms with Gasteiger partial charge in [-0.25, -0.2) is 4.98 Å². The first-order valence-electron chi connectivity index (χ1n) is 6.62. The molecule has 1 aliphatic rings. The van der Waals surface area contributed by atoms with Gasteiger partial charge in [0.1, 0.15) is 0 Å². The number of hydrogen-bond acceptors (Lipinski definition) is 4. The first-order valence-corrected chi connectivity index (χ1v) is 6.62. The van der Waals surface area contributed by atoms with Gasteiger partial charge in [0, 0.05) is 18.8 Å². The quantitative estimate of drug-likeness (QED) is 0.621. The van der Waals surface area contributed by atoms with Gasteiger partial charge in [-0.15, -0.1) is 0 Å². The fourth-order valence-electron chi connectivity index (χ4n) is 2.81. The minimum absolute atomic E-state index is 0.0683. The lowest BCUT2D eigenvalue weighted by Gasteiger charge is -2.35. The van der Waals surface area contributed by atoms with Gasteiger partial charge in [0.15, 0.2) is 0 Å². The number of aromatic nitrogens is 1. The average Bonchev–Trinajstić information content (AvgIpc) is 2.48. The van der Waals surface area contributed by atoms with Gasteiger partial charge in [0.05, 0.1) is 11.0 Å². The highest BCUT2D eigenvalue weighted by Gasteiger charge is 2.29. The number of anilines is 1. The summed E-state index contributed by atoms with van der Waals surface area (Å²) in [5.41, 5.74) is 2.60. The number of hydrogen-bond donors (Lipinski definition) is 0. The van der Waals surface area contributed by atoms with E-state index >= 15 is 0 Å². The minimum Gasteiger partial charge on any atom is -0.344 e. The molecule has 1 unspecified atom stereocenters. The fourth-order valence-corrected chi connectivity index (χ4v) is 2.81. The van der Waals surface area contributed by atoms with Gasteiger partial charge in [0.2, 0.25) is 5.82 Å². The van der Waals surface area contributed by atoms with Gasteiger partial charge in [-0.2, -0.15) is 0 Å². The predicted molar refractivity (Wildman–Crippen MR) is 76.8 cm³/mol. The molecule has 0 amide bonds. The summed E-state index contributed by atoms with van der Waals surface area (Å²) in [5, 5.41) is 11.2. The van der Waals surface area contributed by atoms with E-state index in [4.69, 9.17) is 0 Å². The number of benzene rings is 1. The van der Waals surface area contributed by atoms with Crippen molar-refractivity contribution in [3.05, 3.63) is 63.8 Å². The molecule has 5 nitrogen and oxygen atoms in total. The molecule has 1 aromatic heterocycles. The van der Waals surface area contributed by atoms with E-state index in [0.29, 0.717) is 5.82 Å². The Morgan fingerprint density at radius 2 is 2.10 bits per heavy atom. The molecule has 5 heteroatoms. The van der Waals surface area contributed by atoms with Gasteiger partial charge in [-0.1, -0.05) is 24.3 Å². The van der Waals surface area contributed by atoms with Crippen molar-refractivity contribution >= 4 is 11.5 Å². The van der Waals surface area contributed by atoms with Gasteiger partial charge >= 0.3 is 5.69 Å². The molecule has 1 atom stereocenters. The summed E-state index contributed by atoms with van der Waals surface area (Å²) in [6, 6.07) is 11.4. The molecule has 102 valence electrons. The Morgan fingerprint density at radius 3 is 2.90 bits per heavy atom. The van der Waals surface area contributed by atoms with Crippen molar-refractivity contribution in [3.8, 4) is 0 Å². The van der Waals surface area contributed by atoms with E-state index in [9.17, 15) is 10.1 Å². The van der Waals surface area contributed by atoms with Gasteiger partial charge < -0.3 is 4.90 Å². The standard InChI is InChI=1S/C15H15N3O2/c1-11-13-6-3-2-5-12(13)8-10-17(11)15-14(18(19)20)7-4-9-16-15/h2-7,9,11H,8,10H2,1H3.